The van der Waals surface area contributed by atoms with Crippen LogP contribution in [0.5, 0.6) is 17.2 Å². The summed E-state index contributed by atoms with van der Waals surface area (Å²) in [4.78, 5) is 46.7. The number of methoxy groups -OCH3 is 3. The van der Waals surface area contributed by atoms with Crippen LogP contribution in [0.4, 0.5) is 5.69 Å². The van der Waals surface area contributed by atoms with E-state index in [9.17, 15) is 9.59 Å². The molecule has 4 atom stereocenters. The van der Waals surface area contributed by atoms with Crippen molar-refractivity contribution in [3.63, 3.8) is 0 Å². The summed E-state index contributed by atoms with van der Waals surface area (Å²) in [5.74, 6) is -0.858. The third-order valence-corrected chi connectivity index (χ3v) is 9.85. The van der Waals surface area contributed by atoms with Gasteiger partial charge in [-0.2, -0.15) is 0 Å². The number of rotatable bonds is 7. The zero-order valence-electron chi connectivity index (χ0n) is 24.7. The third-order valence-electron chi connectivity index (χ3n) is 9.23. The van der Waals surface area contributed by atoms with Gasteiger partial charge in [-0.25, -0.2) is 0 Å². The predicted molar refractivity (Wildman–Crippen MR) is 173 cm³/mol. The van der Waals surface area contributed by atoms with E-state index in [0.717, 1.165) is 11.1 Å². The number of amides is 1. The van der Waals surface area contributed by atoms with Gasteiger partial charge >= 0.3 is 0 Å². The first kappa shape index (κ1) is 28.9. The van der Waals surface area contributed by atoms with Gasteiger partial charge in [-0.3, -0.25) is 14.4 Å². The molecule has 1 fully saturated rings. The lowest BCUT2D eigenvalue weighted by Crippen LogP contribution is -2.49. The van der Waals surface area contributed by atoms with E-state index in [2.05, 4.69) is 21.2 Å². The minimum Gasteiger partial charge on any atom is -0.497 e. The van der Waals surface area contributed by atoms with Crippen LogP contribution in [0.1, 0.15) is 43.4 Å². The minimum atomic E-state index is -1.47. The van der Waals surface area contributed by atoms with E-state index in [4.69, 9.17) is 14.2 Å². The molecule has 0 saturated carbocycles. The molecule has 9 heteroatoms. The Morgan fingerprint density at radius 3 is 2.33 bits per heavy atom. The second-order valence-electron chi connectivity index (χ2n) is 11.2. The SMILES string of the molecule is COc1ccc(OC)c(C(=O)[C@@H]2[C@H](C(=O)c3ccc(OC)c(Br)c3)N3C=Cc4ccccc4[C@H]3[C@]23C(=O)Nc2ccccc23)c1. The van der Waals surface area contributed by atoms with E-state index in [1.54, 1.807) is 43.5 Å². The van der Waals surface area contributed by atoms with Crippen LogP contribution in [0.25, 0.3) is 6.08 Å². The molecule has 45 heavy (non-hydrogen) atoms. The van der Waals surface area contributed by atoms with Gasteiger partial charge in [0.2, 0.25) is 5.91 Å². The number of carbonyl (C=O) groups excluding carboxylic acids is 3. The number of nitrogens with zero attached hydrogens (tertiary/aromatic N) is 1. The van der Waals surface area contributed by atoms with Crippen LogP contribution in [0.15, 0.2) is 95.6 Å². The molecule has 4 aromatic carbocycles. The van der Waals surface area contributed by atoms with Gasteiger partial charge in [0, 0.05) is 17.5 Å². The number of hydrogen-bond donors (Lipinski definition) is 1. The first-order valence-corrected chi connectivity index (χ1v) is 15.2. The van der Waals surface area contributed by atoms with Crippen molar-refractivity contribution in [3.05, 3.63) is 123 Å². The highest BCUT2D eigenvalue weighted by molar-refractivity contribution is 9.10. The molecule has 1 N–H and O–H groups in total. The summed E-state index contributed by atoms with van der Waals surface area (Å²) >= 11 is 3.51. The van der Waals surface area contributed by atoms with E-state index >= 15 is 4.79 Å². The molecule has 0 aliphatic carbocycles. The number of benzene rings is 4. The Hall–Kier alpha value is -4.89. The van der Waals surface area contributed by atoms with Gasteiger partial charge < -0.3 is 24.4 Å². The van der Waals surface area contributed by atoms with Crippen molar-refractivity contribution >= 4 is 45.2 Å². The summed E-state index contributed by atoms with van der Waals surface area (Å²) in [5, 5.41) is 3.07. The van der Waals surface area contributed by atoms with Gasteiger partial charge in [0.25, 0.3) is 0 Å². The van der Waals surface area contributed by atoms with Crippen LogP contribution in [0.3, 0.4) is 0 Å². The summed E-state index contributed by atoms with van der Waals surface area (Å²) in [6.45, 7) is 0. The number of ether oxygens (including phenoxy) is 3. The highest BCUT2D eigenvalue weighted by Gasteiger charge is 2.71. The van der Waals surface area contributed by atoms with Crippen LogP contribution < -0.4 is 19.5 Å². The van der Waals surface area contributed by atoms with Crippen molar-refractivity contribution in [2.45, 2.75) is 17.5 Å². The molecule has 8 nitrogen and oxygen atoms in total. The molecule has 0 aromatic heterocycles. The predicted octanol–water partition coefficient (Wildman–Crippen LogP) is 6.46. The summed E-state index contributed by atoms with van der Waals surface area (Å²) < 4.78 is 17.2. The lowest BCUT2D eigenvalue weighted by molar-refractivity contribution is -0.122. The second-order valence-corrected chi connectivity index (χ2v) is 12.1. The van der Waals surface area contributed by atoms with Gasteiger partial charge in [-0.15, -0.1) is 0 Å². The number of nitrogens with one attached hydrogen (secondary N) is 1. The molecular formula is C36H29BrN2O6. The first-order chi connectivity index (χ1) is 21.8. The number of hydrogen-bond acceptors (Lipinski definition) is 7. The zero-order valence-corrected chi connectivity index (χ0v) is 26.3. The van der Waals surface area contributed by atoms with Crippen molar-refractivity contribution in [3.8, 4) is 17.2 Å². The highest BCUT2D eigenvalue weighted by atomic mass is 79.9. The summed E-state index contributed by atoms with van der Waals surface area (Å²) in [6.07, 6.45) is 3.78. The van der Waals surface area contributed by atoms with Crippen molar-refractivity contribution < 1.29 is 28.6 Å². The maximum atomic E-state index is 15.2. The van der Waals surface area contributed by atoms with Crippen LogP contribution >= 0.6 is 15.9 Å². The Morgan fingerprint density at radius 2 is 1.58 bits per heavy atom. The molecule has 0 bridgehead atoms. The zero-order chi connectivity index (χ0) is 31.5. The Balaban J connectivity index is 1.54. The van der Waals surface area contributed by atoms with Gasteiger partial charge in [-0.05, 0) is 81.2 Å². The van der Waals surface area contributed by atoms with Gasteiger partial charge in [-0.1, -0.05) is 42.5 Å². The molecule has 3 aliphatic rings. The molecule has 3 heterocycles. The highest BCUT2D eigenvalue weighted by Crippen LogP contribution is 2.62. The third kappa shape index (κ3) is 4.14. The number of halogens is 1. The van der Waals surface area contributed by atoms with Crippen molar-refractivity contribution in [2.75, 3.05) is 26.6 Å². The van der Waals surface area contributed by atoms with E-state index in [0.29, 0.717) is 38.5 Å². The monoisotopic (exact) mass is 664 g/mol. The largest absolute Gasteiger partial charge is 0.497 e. The molecular weight excluding hydrogens is 636 g/mol. The number of carbonyl (C=O) groups is 3. The van der Waals surface area contributed by atoms with E-state index in [1.807, 2.05) is 65.7 Å². The maximum absolute atomic E-state index is 15.2. The van der Waals surface area contributed by atoms with Crippen molar-refractivity contribution in [1.82, 2.24) is 4.90 Å². The molecule has 4 aromatic rings. The Bertz CT molecular complexity index is 1920. The number of ketones is 2. The van der Waals surface area contributed by atoms with Crippen molar-refractivity contribution in [2.24, 2.45) is 5.92 Å². The molecule has 1 spiro atoms. The number of para-hydroxylation sites is 1. The van der Waals surface area contributed by atoms with Crippen LogP contribution in [-0.2, 0) is 10.2 Å². The lowest BCUT2D eigenvalue weighted by atomic mass is 9.62. The Morgan fingerprint density at radius 1 is 0.844 bits per heavy atom. The smallest absolute Gasteiger partial charge is 0.238 e. The number of fused-ring (bicyclic) bond motifs is 6. The van der Waals surface area contributed by atoms with E-state index in [1.165, 1.54) is 14.2 Å². The molecule has 0 radical (unpaired) electrons. The first-order valence-electron chi connectivity index (χ1n) is 14.4. The molecule has 7 rings (SSSR count). The molecule has 1 amide bonds. The Kier molecular flexibility index (Phi) is 7.00. The normalized spacial score (nSPS) is 22.4. The Labute approximate surface area is 268 Å². The fourth-order valence-electron chi connectivity index (χ4n) is 7.33. The van der Waals surface area contributed by atoms with Gasteiger partial charge in [0.1, 0.15) is 28.7 Å². The maximum Gasteiger partial charge on any atom is 0.238 e. The lowest BCUT2D eigenvalue weighted by Gasteiger charge is -2.38. The van der Waals surface area contributed by atoms with Crippen LogP contribution in [-0.4, -0.2) is 49.7 Å². The average molecular weight is 666 g/mol. The second kappa shape index (κ2) is 10.9. The number of Topliss-reactive ketones (excluding diaryl/α,β-unsaturated/α-hetero) is 2. The van der Waals surface area contributed by atoms with E-state index in [-0.39, 0.29) is 17.3 Å². The molecule has 226 valence electrons. The van der Waals surface area contributed by atoms with Gasteiger partial charge in [0.05, 0.1) is 43.3 Å². The fourth-order valence-corrected chi connectivity index (χ4v) is 7.87. The summed E-state index contributed by atoms with van der Waals surface area (Å²) in [5.41, 5.74) is 2.19. The summed E-state index contributed by atoms with van der Waals surface area (Å²) in [6, 6.07) is 23.6. The minimum absolute atomic E-state index is 0.226. The average Bonchev–Trinajstić information content (AvgIpc) is 3.55. The number of anilines is 1. The molecule has 3 aliphatic heterocycles. The fraction of sp³-hybridized carbons (Fsp3) is 0.194. The topological polar surface area (TPSA) is 94.2 Å². The molecule has 0 unspecified atom stereocenters. The van der Waals surface area contributed by atoms with Crippen molar-refractivity contribution in [1.29, 1.82) is 0 Å². The standard InChI is InChI=1S/C36H29BrN2O6/c1-43-22-13-15-28(44-2)24(19-22)33(41)30-31(32(40)21-12-14-29(45-3)26(37)18-21)39-17-16-20-8-4-5-9-23(20)34(39)36(30)25-10-6-7-11-27(25)38-35(36)42/h4-19,30-31,34H,1-3H3,(H,38,42)/t30-,31+,34-,36+/m0/s1. The summed E-state index contributed by atoms with van der Waals surface area (Å²) in [7, 11) is 4.55. The van der Waals surface area contributed by atoms with E-state index < -0.39 is 29.2 Å². The molecule has 1 saturated heterocycles. The van der Waals surface area contributed by atoms with Crippen LogP contribution in [0, 0.1) is 5.92 Å². The van der Waals surface area contributed by atoms with Crippen LogP contribution in [0.2, 0.25) is 0 Å². The quantitative estimate of drug-likeness (QED) is 0.227. The van der Waals surface area contributed by atoms with Gasteiger partial charge in [0.15, 0.2) is 11.6 Å².